The molecule has 1 aromatic heterocycles. The summed E-state index contributed by atoms with van der Waals surface area (Å²) in [5, 5.41) is 3.46. The second-order valence-electron chi connectivity index (χ2n) is 5.72. The summed E-state index contributed by atoms with van der Waals surface area (Å²) in [5.74, 6) is 0.104. The summed E-state index contributed by atoms with van der Waals surface area (Å²) in [6.07, 6.45) is 0.665. The maximum Gasteiger partial charge on any atom is 0.189 e. The molecule has 5 nitrogen and oxygen atoms in total. The van der Waals surface area contributed by atoms with Gasteiger partial charge in [0.25, 0.3) is 0 Å². The number of aromatic nitrogens is 1. The molecule has 0 radical (unpaired) electrons. The second-order valence-corrected chi connectivity index (χ2v) is 7.95. The van der Waals surface area contributed by atoms with Gasteiger partial charge in [-0.1, -0.05) is 6.07 Å². The molecule has 1 fully saturated rings. The Bertz CT molecular complexity index is 861. The minimum Gasteiger partial charge on any atom is -0.355 e. The average Bonchev–Trinajstić information content (AvgIpc) is 2.80. The van der Waals surface area contributed by atoms with Crippen LogP contribution in [0.3, 0.4) is 0 Å². The minimum absolute atomic E-state index is 0.105. The molecule has 3 rings (SSSR count). The van der Waals surface area contributed by atoms with Crippen LogP contribution in [0.15, 0.2) is 29.1 Å². The van der Waals surface area contributed by atoms with Crippen molar-refractivity contribution in [3.63, 3.8) is 0 Å². The van der Waals surface area contributed by atoms with Crippen molar-refractivity contribution in [3.05, 3.63) is 46.0 Å². The summed E-state index contributed by atoms with van der Waals surface area (Å²) in [5.41, 5.74) is 0.562. The average molecular weight is 324 g/mol. The first kappa shape index (κ1) is 15.2. The molecule has 1 aliphatic heterocycles. The monoisotopic (exact) mass is 324 g/mol. The van der Waals surface area contributed by atoms with Crippen LogP contribution < -0.4 is 10.7 Å². The number of rotatable bonds is 4. The van der Waals surface area contributed by atoms with E-state index in [9.17, 15) is 17.6 Å². The number of aromatic amines is 1. The van der Waals surface area contributed by atoms with Gasteiger partial charge in [0.15, 0.2) is 15.3 Å². The van der Waals surface area contributed by atoms with Crippen molar-refractivity contribution in [3.8, 4) is 0 Å². The van der Waals surface area contributed by atoms with Crippen molar-refractivity contribution < 1.29 is 12.8 Å². The third-order valence-corrected chi connectivity index (χ3v) is 5.78. The molecule has 2 aromatic rings. The zero-order chi connectivity index (χ0) is 15.7. The number of H-pyrrole nitrogens is 1. The summed E-state index contributed by atoms with van der Waals surface area (Å²) in [7, 11) is -2.88. The minimum atomic E-state index is -2.88. The van der Waals surface area contributed by atoms with E-state index in [1.54, 1.807) is 6.07 Å². The van der Waals surface area contributed by atoms with Crippen molar-refractivity contribution in [1.29, 1.82) is 0 Å². The molecule has 2 N–H and O–H groups in total. The van der Waals surface area contributed by atoms with E-state index >= 15 is 0 Å². The highest BCUT2D eigenvalue weighted by atomic mass is 32.2. The molecule has 0 saturated carbocycles. The number of para-hydroxylation sites is 1. The SMILES string of the molecule is O=c1cc(CNC[C@H]2CCS(=O)(=O)C2)[nH]c2c(F)cccc12. The van der Waals surface area contributed by atoms with E-state index in [1.807, 2.05) is 0 Å². The number of halogens is 1. The predicted molar refractivity (Wildman–Crippen MR) is 83.0 cm³/mol. The molecule has 1 aliphatic rings. The number of hydrogen-bond donors (Lipinski definition) is 2. The maximum atomic E-state index is 13.7. The van der Waals surface area contributed by atoms with Gasteiger partial charge in [-0.2, -0.15) is 0 Å². The lowest BCUT2D eigenvalue weighted by molar-refractivity contribution is 0.518. The van der Waals surface area contributed by atoms with Crippen LogP contribution >= 0.6 is 0 Å². The molecule has 118 valence electrons. The van der Waals surface area contributed by atoms with E-state index in [4.69, 9.17) is 0 Å². The van der Waals surface area contributed by atoms with Crippen LogP contribution in [0.25, 0.3) is 10.9 Å². The van der Waals surface area contributed by atoms with Crippen LogP contribution in [-0.2, 0) is 16.4 Å². The van der Waals surface area contributed by atoms with Crippen LogP contribution in [0, 0.1) is 11.7 Å². The highest BCUT2D eigenvalue weighted by molar-refractivity contribution is 7.91. The summed E-state index contributed by atoms with van der Waals surface area (Å²) in [6.45, 7) is 0.937. The summed E-state index contributed by atoms with van der Waals surface area (Å²) >= 11 is 0. The molecule has 0 unspecified atom stereocenters. The fraction of sp³-hybridized carbons (Fsp3) is 0.400. The fourth-order valence-corrected chi connectivity index (χ4v) is 4.69. The Labute approximate surface area is 127 Å². The van der Waals surface area contributed by atoms with E-state index in [0.717, 1.165) is 0 Å². The van der Waals surface area contributed by atoms with Gasteiger partial charge in [0.05, 0.1) is 17.0 Å². The molecule has 0 spiro atoms. The number of sulfone groups is 1. The number of nitrogens with one attached hydrogen (secondary N) is 2. The topological polar surface area (TPSA) is 79.0 Å². The molecule has 0 amide bonds. The summed E-state index contributed by atoms with van der Waals surface area (Å²) in [6, 6.07) is 5.84. The van der Waals surface area contributed by atoms with Crippen LogP contribution in [-0.4, -0.2) is 31.5 Å². The molecule has 7 heteroatoms. The molecular weight excluding hydrogens is 307 g/mol. The molecular formula is C15H17FN2O3S. The lowest BCUT2D eigenvalue weighted by atomic mass is 10.1. The fourth-order valence-electron chi connectivity index (χ4n) is 2.83. The van der Waals surface area contributed by atoms with Gasteiger partial charge in [0, 0.05) is 23.7 Å². The highest BCUT2D eigenvalue weighted by Crippen LogP contribution is 2.17. The normalized spacial score (nSPS) is 20.5. The van der Waals surface area contributed by atoms with Gasteiger partial charge in [-0.05, 0) is 31.0 Å². The Morgan fingerprint density at radius 1 is 1.36 bits per heavy atom. The standard InChI is InChI=1S/C15H17FN2O3S/c16-13-3-1-2-12-14(19)6-11(18-15(12)13)8-17-7-10-4-5-22(20,21)9-10/h1-3,6,10,17H,4-5,7-9H2,(H,18,19)/t10-/m1/s1. The van der Waals surface area contributed by atoms with Crippen LogP contribution in [0.1, 0.15) is 12.1 Å². The lowest BCUT2D eigenvalue weighted by Gasteiger charge is -2.10. The van der Waals surface area contributed by atoms with E-state index in [0.29, 0.717) is 30.6 Å². The van der Waals surface area contributed by atoms with Crippen molar-refractivity contribution in [2.75, 3.05) is 18.1 Å². The maximum absolute atomic E-state index is 13.7. The molecule has 1 atom stereocenters. The van der Waals surface area contributed by atoms with E-state index in [2.05, 4.69) is 10.3 Å². The molecule has 0 aliphatic carbocycles. The molecule has 1 aromatic carbocycles. The first-order valence-corrected chi connectivity index (χ1v) is 8.98. The number of pyridine rings is 1. The number of hydrogen-bond acceptors (Lipinski definition) is 4. The van der Waals surface area contributed by atoms with Gasteiger partial charge in [0.1, 0.15) is 5.82 Å². The molecule has 22 heavy (non-hydrogen) atoms. The second kappa shape index (κ2) is 5.81. The van der Waals surface area contributed by atoms with Gasteiger partial charge < -0.3 is 10.3 Å². The van der Waals surface area contributed by atoms with E-state index in [1.165, 1.54) is 18.2 Å². The summed E-state index contributed by atoms with van der Waals surface area (Å²) in [4.78, 5) is 14.9. The van der Waals surface area contributed by atoms with Crippen LogP contribution in [0.2, 0.25) is 0 Å². The third-order valence-electron chi connectivity index (χ3n) is 3.95. The van der Waals surface area contributed by atoms with Gasteiger partial charge in [-0.15, -0.1) is 0 Å². The Morgan fingerprint density at radius 3 is 2.91 bits per heavy atom. The smallest absolute Gasteiger partial charge is 0.189 e. The number of benzene rings is 1. The zero-order valence-electron chi connectivity index (χ0n) is 11.9. The molecule has 0 bridgehead atoms. The van der Waals surface area contributed by atoms with Gasteiger partial charge in [0.2, 0.25) is 0 Å². The Balaban J connectivity index is 1.70. The largest absolute Gasteiger partial charge is 0.355 e. The number of fused-ring (bicyclic) bond motifs is 1. The Hall–Kier alpha value is -1.73. The Morgan fingerprint density at radius 2 is 2.18 bits per heavy atom. The summed E-state index contributed by atoms with van der Waals surface area (Å²) < 4.78 is 36.5. The first-order chi connectivity index (χ1) is 10.4. The van der Waals surface area contributed by atoms with Crippen molar-refractivity contribution in [1.82, 2.24) is 10.3 Å². The first-order valence-electron chi connectivity index (χ1n) is 7.16. The van der Waals surface area contributed by atoms with Crippen LogP contribution in [0.4, 0.5) is 4.39 Å². The highest BCUT2D eigenvalue weighted by Gasteiger charge is 2.27. The van der Waals surface area contributed by atoms with Crippen LogP contribution in [0.5, 0.6) is 0 Å². The molecule has 2 heterocycles. The van der Waals surface area contributed by atoms with Gasteiger partial charge >= 0.3 is 0 Å². The lowest BCUT2D eigenvalue weighted by Crippen LogP contribution is -2.24. The van der Waals surface area contributed by atoms with Crippen molar-refractivity contribution >= 4 is 20.7 Å². The third kappa shape index (κ3) is 3.20. The predicted octanol–water partition coefficient (Wildman–Crippen LogP) is 1.19. The zero-order valence-corrected chi connectivity index (χ0v) is 12.7. The van der Waals surface area contributed by atoms with E-state index < -0.39 is 15.7 Å². The quantitative estimate of drug-likeness (QED) is 0.885. The van der Waals surface area contributed by atoms with Crippen molar-refractivity contribution in [2.45, 2.75) is 13.0 Å². The Kier molecular flexibility index (Phi) is 4.01. The van der Waals surface area contributed by atoms with E-state index in [-0.39, 0.29) is 28.4 Å². The van der Waals surface area contributed by atoms with Crippen molar-refractivity contribution in [2.24, 2.45) is 5.92 Å². The molecule has 1 saturated heterocycles. The van der Waals surface area contributed by atoms with Gasteiger partial charge in [-0.3, -0.25) is 4.79 Å². The van der Waals surface area contributed by atoms with Gasteiger partial charge in [-0.25, -0.2) is 12.8 Å².